The van der Waals surface area contributed by atoms with Gasteiger partial charge in [0.15, 0.2) is 0 Å². The van der Waals surface area contributed by atoms with E-state index in [2.05, 4.69) is 10.2 Å². The highest BCUT2D eigenvalue weighted by atomic mass is 32.2. The Hall–Kier alpha value is -1.76. The lowest BCUT2D eigenvalue weighted by Gasteiger charge is -2.06. The van der Waals surface area contributed by atoms with E-state index in [0.717, 1.165) is 5.56 Å². The summed E-state index contributed by atoms with van der Waals surface area (Å²) in [7, 11) is 0. The maximum atomic E-state index is 11.5. The third-order valence-electron chi connectivity index (χ3n) is 2.39. The van der Waals surface area contributed by atoms with Crippen LogP contribution in [0.5, 0.6) is 0 Å². The average Bonchev–Trinajstić information content (AvgIpc) is 2.98. The minimum absolute atomic E-state index is 0.299. The molecular formula is C12H14N2O4S. The fourth-order valence-electron chi connectivity index (χ4n) is 1.43. The summed E-state index contributed by atoms with van der Waals surface area (Å²) in [6, 6.07) is 1.76. The maximum Gasteiger partial charge on any atom is 0.319 e. The van der Waals surface area contributed by atoms with Crippen LogP contribution in [0.3, 0.4) is 0 Å². The normalized spacial score (nSPS) is 12.4. The molecule has 0 aromatic carbocycles. The molecule has 0 N–H and O–H groups in total. The Balaban J connectivity index is 2.06. The highest BCUT2D eigenvalue weighted by Gasteiger charge is 2.20. The summed E-state index contributed by atoms with van der Waals surface area (Å²) in [5.41, 5.74) is 0.753. The Morgan fingerprint density at radius 3 is 2.95 bits per heavy atom. The number of thioether (sulfide) groups is 1. The first kappa shape index (κ1) is 13.7. The number of hydrogen-bond acceptors (Lipinski definition) is 7. The summed E-state index contributed by atoms with van der Waals surface area (Å²) in [6.07, 6.45) is 1.56. The molecule has 0 aliphatic carbocycles. The number of nitrogens with zero attached hydrogens (tertiary/aromatic N) is 2. The number of esters is 1. The lowest BCUT2D eigenvalue weighted by atomic mass is 10.3. The fraction of sp³-hybridized carbons (Fsp3) is 0.417. The number of furan rings is 1. The van der Waals surface area contributed by atoms with Crippen LogP contribution in [-0.4, -0.2) is 28.0 Å². The molecule has 0 saturated carbocycles. The highest BCUT2D eigenvalue weighted by molar-refractivity contribution is 8.00. The van der Waals surface area contributed by atoms with Crippen molar-refractivity contribution in [3.63, 3.8) is 0 Å². The molecule has 0 amide bonds. The Morgan fingerprint density at radius 1 is 1.53 bits per heavy atom. The van der Waals surface area contributed by atoms with Crippen molar-refractivity contribution in [2.24, 2.45) is 0 Å². The first-order valence-electron chi connectivity index (χ1n) is 5.83. The molecule has 2 heterocycles. The van der Waals surface area contributed by atoms with Crippen molar-refractivity contribution in [3.8, 4) is 11.5 Å². The molecule has 6 nitrogen and oxygen atoms in total. The van der Waals surface area contributed by atoms with Gasteiger partial charge in [-0.05, 0) is 26.8 Å². The molecule has 0 aliphatic rings. The second-order valence-electron chi connectivity index (χ2n) is 3.78. The van der Waals surface area contributed by atoms with Gasteiger partial charge in [0, 0.05) is 0 Å². The standard InChI is InChI=1S/C12H14N2O4S/c1-4-16-11(15)8(3)19-12-14-13-10(18-12)9-5-6-17-7(9)2/h5-6,8H,4H2,1-3H3. The molecule has 0 saturated heterocycles. The Labute approximate surface area is 114 Å². The molecule has 0 fully saturated rings. The molecule has 2 rings (SSSR count). The van der Waals surface area contributed by atoms with Crippen molar-refractivity contribution >= 4 is 17.7 Å². The Morgan fingerprint density at radius 2 is 2.32 bits per heavy atom. The Bertz CT molecular complexity index is 564. The third-order valence-corrected chi connectivity index (χ3v) is 3.30. The first-order chi connectivity index (χ1) is 9.11. The van der Waals surface area contributed by atoms with Gasteiger partial charge in [-0.15, -0.1) is 10.2 Å². The molecule has 102 valence electrons. The maximum absolute atomic E-state index is 11.5. The second-order valence-corrected chi connectivity index (χ2v) is 5.07. The molecular weight excluding hydrogens is 268 g/mol. The zero-order valence-electron chi connectivity index (χ0n) is 10.9. The molecule has 0 bridgehead atoms. The summed E-state index contributed by atoms with van der Waals surface area (Å²) < 4.78 is 15.6. The zero-order valence-corrected chi connectivity index (χ0v) is 11.7. The van der Waals surface area contributed by atoms with Gasteiger partial charge in [0.25, 0.3) is 11.1 Å². The van der Waals surface area contributed by atoms with Gasteiger partial charge >= 0.3 is 5.97 Å². The van der Waals surface area contributed by atoms with Crippen molar-refractivity contribution in [2.45, 2.75) is 31.2 Å². The zero-order chi connectivity index (χ0) is 13.8. The van der Waals surface area contributed by atoms with Crippen LogP contribution in [0, 0.1) is 6.92 Å². The van der Waals surface area contributed by atoms with Gasteiger partial charge in [-0.3, -0.25) is 4.79 Å². The molecule has 2 aromatic rings. The van der Waals surface area contributed by atoms with Gasteiger partial charge in [0.1, 0.15) is 11.0 Å². The van der Waals surface area contributed by atoms with Crippen LogP contribution in [0.25, 0.3) is 11.5 Å². The number of rotatable bonds is 5. The van der Waals surface area contributed by atoms with Gasteiger partial charge in [0.05, 0.1) is 18.4 Å². The van der Waals surface area contributed by atoms with Crippen LogP contribution >= 0.6 is 11.8 Å². The van der Waals surface area contributed by atoms with E-state index in [4.69, 9.17) is 13.6 Å². The van der Waals surface area contributed by atoms with Crippen LogP contribution in [0.4, 0.5) is 0 Å². The summed E-state index contributed by atoms with van der Waals surface area (Å²) in [5.74, 6) is 0.787. The van der Waals surface area contributed by atoms with E-state index in [1.165, 1.54) is 11.8 Å². The molecule has 2 aromatic heterocycles. The van der Waals surface area contributed by atoms with Crippen molar-refractivity contribution in [1.29, 1.82) is 0 Å². The number of carbonyl (C=O) groups excluding carboxylic acids is 1. The van der Waals surface area contributed by atoms with E-state index < -0.39 is 5.25 Å². The van der Waals surface area contributed by atoms with E-state index in [0.29, 0.717) is 23.5 Å². The summed E-state index contributed by atoms with van der Waals surface area (Å²) >= 11 is 1.17. The molecule has 19 heavy (non-hydrogen) atoms. The van der Waals surface area contributed by atoms with Gasteiger partial charge in [-0.25, -0.2) is 0 Å². The monoisotopic (exact) mass is 282 g/mol. The molecule has 0 radical (unpaired) electrons. The van der Waals surface area contributed by atoms with Crippen molar-refractivity contribution in [1.82, 2.24) is 10.2 Å². The molecule has 1 atom stereocenters. The highest BCUT2D eigenvalue weighted by Crippen LogP contribution is 2.28. The van der Waals surface area contributed by atoms with Gasteiger partial charge in [-0.1, -0.05) is 11.8 Å². The van der Waals surface area contributed by atoms with Gasteiger partial charge in [0.2, 0.25) is 0 Å². The van der Waals surface area contributed by atoms with E-state index >= 15 is 0 Å². The van der Waals surface area contributed by atoms with Gasteiger partial charge < -0.3 is 13.6 Å². The van der Waals surface area contributed by atoms with Crippen LogP contribution in [0.2, 0.25) is 0 Å². The van der Waals surface area contributed by atoms with Crippen LogP contribution in [0.1, 0.15) is 19.6 Å². The summed E-state index contributed by atoms with van der Waals surface area (Å²) in [6.45, 7) is 5.66. The molecule has 7 heteroatoms. The molecule has 0 aliphatic heterocycles. The van der Waals surface area contributed by atoms with E-state index in [1.807, 2.05) is 6.92 Å². The molecule has 1 unspecified atom stereocenters. The average molecular weight is 282 g/mol. The number of hydrogen-bond donors (Lipinski definition) is 0. The lowest BCUT2D eigenvalue weighted by molar-refractivity contribution is -0.142. The van der Waals surface area contributed by atoms with E-state index in [-0.39, 0.29) is 5.97 Å². The summed E-state index contributed by atoms with van der Waals surface area (Å²) in [5, 5.41) is 7.76. The van der Waals surface area contributed by atoms with Crippen molar-refractivity contribution < 1.29 is 18.4 Å². The third kappa shape index (κ3) is 3.17. The fourth-order valence-corrected chi connectivity index (χ4v) is 2.11. The number of ether oxygens (including phenoxy) is 1. The minimum Gasteiger partial charge on any atom is -0.469 e. The molecule has 0 spiro atoms. The lowest BCUT2D eigenvalue weighted by Crippen LogP contribution is -2.16. The number of aromatic nitrogens is 2. The minimum atomic E-state index is -0.390. The summed E-state index contributed by atoms with van der Waals surface area (Å²) in [4.78, 5) is 11.5. The predicted octanol–water partition coefficient (Wildman–Crippen LogP) is 2.68. The van der Waals surface area contributed by atoms with Crippen molar-refractivity contribution in [3.05, 3.63) is 18.1 Å². The van der Waals surface area contributed by atoms with Crippen LogP contribution in [-0.2, 0) is 9.53 Å². The van der Waals surface area contributed by atoms with E-state index in [1.54, 1.807) is 26.2 Å². The smallest absolute Gasteiger partial charge is 0.319 e. The van der Waals surface area contributed by atoms with Gasteiger partial charge in [-0.2, -0.15) is 0 Å². The SMILES string of the molecule is CCOC(=O)C(C)Sc1nnc(-c2ccoc2C)o1. The van der Waals surface area contributed by atoms with Crippen LogP contribution < -0.4 is 0 Å². The quantitative estimate of drug-likeness (QED) is 0.616. The largest absolute Gasteiger partial charge is 0.469 e. The number of aryl methyl sites for hydroxylation is 1. The number of carbonyl (C=O) groups is 1. The topological polar surface area (TPSA) is 78.4 Å². The first-order valence-corrected chi connectivity index (χ1v) is 6.71. The predicted molar refractivity (Wildman–Crippen MR) is 68.7 cm³/mol. The second kappa shape index (κ2) is 5.92. The van der Waals surface area contributed by atoms with Crippen molar-refractivity contribution in [2.75, 3.05) is 6.61 Å². The van der Waals surface area contributed by atoms with Crippen LogP contribution in [0.15, 0.2) is 26.4 Å². The Kier molecular flexibility index (Phi) is 4.26. The van der Waals surface area contributed by atoms with E-state index in [9.17, 15) is 4.79 Å².